The molecule has 6 aromatic carbocycles. The van der Waals surface area contributed by atoms with Gasteiger partial charge in [0.15, 0.2) is 0 Å². The molecule has 7 aromatic rings. The highest BCUT2D eigenvalue weighted by atomic mass is 32.1. The van der Waals surface area contributed by atoms with Gasteiger partial charge in [-0.2, -0.15) is 0 Å². The Kier molecular flexibility index (Phi) is 4.49. The van der Waals surface area contributed by atoms with Gasteiger partial charge in [0, 0.05) is 42.2 Å². The largest absolute Gasteiger partial charge is 0.359 e. The lowest BCUT2D eigenvalue weighted by Gasteiger charge is -2.28. The van der Waals surface area contributed by atoms with E-state index in [0.717, 1.165) is 22.5 Å². The molecule has 1 unspecified atom stereocenters. The van der Waals surface area contributed by atoms with E-state index in [4.69, 9.17) is 4.99 Å². The van der Waals surface area contributed by atoms with E-state index >= 15 is 0 Å². The van der Waals surface area contributed by atoms with Crippen molar-refractivity contribution in [1.29, 1.82) is 0 Å². The van der Waals surface area contributed by atoms with E-state index in [1.165, 1.54) is 47.3 Å². The molecule has 0 saturated heterocycles. The molecule has 0 spiro atoms. The highest BCUT2D eigenvalue weighted by molar-refractivity contribution is 7.25. The Bertz CT molecular complexity index is 2020. The van der Waals surface area contributed by atoms with E-state index in [0.29, 0.717) is 0 Å². The fraction of sp³-hybridized carbons (Fsp3) is 0.0294. The van der Waals surface area contributed by atoms with Gasteiger partial charge < -0.3 is 5.32 Å². The van der Waals surface area contributed by atoms with E-state index in [1.54, 1.807) is 0 Å². The minimum atomic E-state index is -0.191. The van der Waals surface area contributed by atoms with Crippen LogP contribution in [-0.4, -0.2) is 5.71 Å². The van der Waals surface area contributed by atoms with Gasteiger partial charge in [-0.3, -0.25) is 4.99 Å². The number of nitrogens with zero attached hydrogens (tertiary/aromatic N) is 1. The van der Waals surface area contributed by atoms with Crippen LogP contribution >= 0.6 is 11.3 Å². The van der Waals surface area contributed by atoms with Gasteiger partial charge in [0.25, 0.3) is 0 Å². The maximum atomic E-state index is 5.35. The monoisotopic (exact) mass is 490 g/mol. The number of fused-ring (bicyclic) bond motifs is 7. The SMILES string of the molecule is c1ccc(C2=NC(c3cccc4cc5c(cc34)sc3ccccc35)Nc3c2ccc2ccccc32)cc1. The molecule has 0 bridgehead atoms. The van der Waals surface area contributed by atoms with Crippen molar-refractivity contribution in [2.45, 2.75) is 6.17 Å². The van der Waals surface area contributed by atoms with Crippen LogP contribution in [0, 0.1) is 0 Å². The lowest BCUT2D eigenvalue weighted by Crippen LogP contribution is -2.21. The van der Waals surface area contributed by atoms with Crippen molar-refractivity contribution in [3.8, 4) is 0 Å². The average Bonchev–Trinajstić information content (AvgIpc) is 3.33. The third-order valence-corrected chi connectivity index (χ3v) is 8.61. The number of rotatable bonds is 2. The fourth-order valence-electron chi connectivity index (χ4n) is 5.73. The van der Waals surface area contributed by atoms with Crippen molar-refractivity contribution in [2.75, 3.05) is 5.32 Å². The zero-order valence-electron chi connectivity index (χ0n) is 20.0. The molecule has 0 fully saturated rings. The molecule has 0 aliphatic carbocycles. The van der Waals surface area contributed by atoms with Gasteiger partial charge in [-0.05, 0) is 34.4 Å². The summed E-state index contributed by atoms with van der Waals surface area (Å²) in [5.74, 6) is 0. The molecule has 1 N–H and O–H groups in total. The number of nitrogens with one attached hydrogen (secondary N) is 1. The van der Waals surface area contributed by atoms with Gasteiger partial charge >= 0.3 is 0 Å². The fourth-order valence-corrected chi connectivity index (χ4v) is 6.85. The zero-order chi connectivity index (χ0) is 24.3. The molecule has 1 aliphatic heterocycles. The van der Waals surface area contributed by atoms with Crippen LogP contribution in [0.4, 0.5) is 5.69 Å². The number of aliphatic imine (C=N–C) groups is 1. The first-order valence-corrected chi connectivity index (χ1v) is 13.4. The van der Waals surface area contributed by atoms with Crippen LogP contribution in [0.5, 0.6) is 0 Å². The van der Waals surface area contributed by atoms with Gasteiger partial charge in [-0.25, -0.2) is 0 Å². The lowest BCUT2D eigenvalue weighted by molar-refractivity contribution is 0.838. The van der Waals surface area contributed by atoms with E-state index in [-0.39, 0.29) is 6.17 Å². The first-order chi connectivity index (χ1) is 18.3. The molecule has 37 heavy (non-hydrogen) atoms. The number of thiophene rings is 1. The summed E-state index contributed by atoms with van der Waals surface area (Å²) in [6.07, 6.45) is -0.191. The van der Waals surface area contributed by atoms with Crippen molar-refractivity contribution < 1.29 is 0 Å². The standard InChI is InChI=1S/C34H22N2S/c1-2-10-22(11-3-1)32-27-18-17-21-9-4-5-13-24(21)33(27)36-34(35-32)26-15-8-12-23-19-29-25-14-6-7-16-30(25)37-31(29)20-28(23)26/h1-20,34,36H. The van der Waals surface area contributed by atoms with E-state index in [9.17, 15) is 0 Å². The second-order valence-corrected chi connectivity index (χ2v) is 10.7. The summed E-state index contributed by atoms with van der Waals surface area (Å²) in [6, 6.07) is 43.6. The number of hydrogen-bond acceptors (Lipinski definition) is 3. The third kappa shape index (κ3) is 3.21. The Balaban J connectivity index is 1.38. The first kappa shape index (κ1) is 20.7. The zero-order valence-corrected chi connectivity index (χ0v) is 20.8. The summed E-state index contributed by atoms with van der Waals surface area (Å²) >= 11 is 1.86. The Labute approximate surface area is 218 Å². The van der Waals surface area contributed by atoms with Crippen molar-refractivity contribution in [3.05, 3.63) is 138 Å². The summed E-state index contributed by atoms with van der Waals surface area (Å²) < 4.78 is 2.64. The Hall–Kier alpha value is -4.47. The van der Waals surface area contributed by atoms with Crippen molar-refractivity contribution in [1.82, 2.24) is 0 Å². The van der Waals surface area contributed by atoms with Gasteiger partial charge in [0.2, 0.25) is 0 Å². The van der Waals surface area contributed by atoms with Crippen LogP contribution < -0.4 is 5.32 Å². The summed E-state index contributed by atoms with van der Waals surface area (Å²) in [7, 11) is 0. The second kappa shape index (κ2) is 8.02. The normalized spacial score (nSPS) is 15.1. The van der Waals surface area contributed by atoms with Crippen LogP contribution in [0.1, 0.15) is 22.9 Å². The predicted octanol–water partition coefficient (Wildman–Crippen LogP) is 9.32. The number of benzene rings is 6. The molecular formula is C34H22N2S. The van der Waals surface area contributed by atoms with Gasteiger partial charge in [0.05, 0.1) is 11.4 Å². The smallest absolute Gasteiger partial charge is 0.146 e. The molecule has 0 radical (unpaired) electrons. The maximum absolute atomic E-state index is 5.35. The minimum absolute atomic E-state index is 0.191. The van der Waals surface area contributed by atoms with Crippen molar-refractivity contribution >= 4 is 64.5 Å². The molecule has 1 aliphatic rings. The lowest BCUT2D eigenvalue weighted by atomic mass is 9.93. The first-order valence-electron chi connectivity index (χ1n) is 12.6. The van der Waals surface area contributed by atoms with E-state index in [2.05, 4.69) is 127 Å². The Morgan fingerprint density at radius 1 is 0.568 bits per heavy atom. The third-order valence-electron chi connectivity index (χ3n) is 7.48. The molecule has 1 atom stereocenters. The average molecular weight is 491 g/mol. The summed E-state index contributed by atoms with van der Waals surface area (Å²) in [5, 5.41) is 11.4. The van der Waals surface area contributed by atoms with E-state index < -0.39 is 0 Å². The van der Waals surface area contributed by atoms with Gasteiger partial charge in [-0.1, -0.05) is 103 Å². The predicted molar refractivity (Wildman–Crippen MR) is 159 cm³/mol. The van der Waals surface area contributed by atoms with Crippen LogP contribution in [-0.2, 0) is 0 Å². The molecule has 2 heterocycles. The van der Waals surface area contributed by atoms with Crippen LogP contribution in [0.3, 0.4) is 0 Å². The topological polar surface area (TPSA) is 24.4 Å². The summed E-state index contributed by atoms with van der Waals surface area (Å²) in [5.41, 5.74) is 5.66. The maximum Gasteiger partial charge on any atom is 0.146 e. The molecule has 2 nitrogen and oxygen atoms in total. The molecule has 0 saturated carbocycles. The van der Waals surface area contributed by atoms with Crippen molar-refractivity contribution in [2.24, 2.45) is 4.99 Å². The molecule has 8 rings (SSSR count). The molecule has 1 aromatic heterocycles. The molecule has 3 heteroatoms. The Morgan fingerprint density at radius 2 is 1.35 bits per heavy atom. The highest BCUT2D eigenvalue weighted by Crippen LogP contribution is 2.41. The quantitative estimate of drug-likeness (QED) is 0.256. The summed E-state index contributed by atoms with van der Waals surface area (Å²) in [4.78, 5) is 5.35. The van der Waals surface area contributed by atoms with Gasteiger partial charge in [0.1, 0.15) is 6.17 Å². The molecular weight excluding hydrogens is 468 g/mol. The van der Waals surface area contributed by atoms with Crippen LogP contribution in [0.15, 0.2) is 126 Å². The van der Waals surface area contributed by atoms with Crippen LogP contribution in [0.25, 0.3) is 41.7 Å². The van der Waals surface area contributed by atoms with Crippen LogP contribution in [0.2, 0.25) is 0 Å². The van der Waals surface area contributed by atoms with E-state index in [1.807, 2.05) is 11.3 Å². The van der Waals surface area contributed by atoms with Crippen molar-refractivity contribution in [3.63, 3.8) is 0 Å². The highest BCUT2D eigenvalue weighted by Gasteiger charge is 2.25. The number of hydrogen-bond donors (Lipinski definition) is 1. The Morgan fingerprint density at radius 3 is 2.27 bits per heavy atom. The molecule has 0 amide bonds. The number of anilines is 1. The second-order valence-electron chi connectivity index (χ2n) is 9.61. The summed E-state index contributed by atoms with van der Waals surface area (Å²) in [6.45, 7) is 0. The van der Waals surface area contributed by atoms with Gasteiger partial charge in [-0.15, -0.1) is 11.3 Å². The minimum Gasteiger partial charge on any atom is -0.359 e. The molecule has 174 valence electrons.